The second kappa shape index (κ2) is 7.18. The predicted molar refractivity (Wildman–Crippen MR) is 101 cm³/mol. The van der Waals surface area contributed by atoms with Crippen molar-refractivity contribution < 1.29 is 0 Å². The summed E-state index contributed by atoms with van der Waals surface area (Å²) in [6.45, 7) is 4.12. The van der Waals surface area contributed by atoms with E-state index in [9.17, 15) is 0 Å². The Bertz CT molecular complexity index is 647. The predicted octanol–water partition coefficient (Wildman–Crippen LogP) is 7.70. The van der Waals surface area contributed by atoms with Gasteiger partial charge in [0.05, 0.1) is 0 Å². The van der Waals surface area contributed by atoms with Crippen LogP contribution in [0.2, 0.25) is 0 Å². The van der Waals surface area contributed by atoms with E-state index in [0.717, 1.165) is 34.7 Å². The maximum atomic E-state index is 6.70. The molecule has 0 unspecified atom stereocenters. The molecule has 4 heteroatoms. The highest BCUT2D eigenvalue weighted by Gasteiger charge is 2.37. The Kier molecular flexibility index (Phi) is 5.94. The third-order valence-electron chi connectivity index (χ3n) is 3.82. The van der Waals surface area contributed by atoms with E-state index in [0.29, 0.717) is 12.8 Å². The lowest BCUT2D eigenvalue weighted by Crippen LogP contribution is -2.20. The number of alkyl halides is 4. The quantitative estimate of drug-likeness (QED) is 0.452. The highest BCUT2D eigenvalue weighted by atomic mass is 35.5. The lowest BCUT2D eigenvalue weighted by molar-refractivity contribution is 0.674. The molecular weight excluding hydrogens is 358 g/mol. The Hall–Kier alpha value is -0.140. The van der Waals surface area contributed by atoms with Crippen molar-refractivity contribution in [1.29, 1.82) is 0 Å². The molecule has 22 heavy (non-hydrogen) atoms. The minimum absolute atomic E-state index is 0.646. The van der Waals surface area contributed by atoms with Crippen molar-refractivity contribution in [3.8, 4) is 0 Å². The number of benzene rings is 2. The van der Waals surface area contributed by atoms with Crippen LogP contribution in [-0.2, 0) is 8.67 Å². The normalized spacial score (nSPS) is 12.8. The number of fused-ring (bicyclic) bond motifs is 1. The second-order valence-electron chi connectivity index (χ2n) is 5.62. The molecule has 0 atom stereocenters. The van der Waals surface area contributed by atoms with Crippen LogP contribution in [0, 0.1) is 0 Å². The summed E-state index contributed by atoms with van der Waals surface area (Å²) >= 11 is 26.6. The summed E-state index contributed by atoms with van der Waals surface area (Å²) in [5.41, 5.74) is 1.66. The summed E-state index contributed by atoms with van der Waals surface area (Å²) < 4.78 is -2.00. The van der Waals surface area contributed by atoms with Crippen LogP contribution in [0.3, 0.4) is 0 Å². The average molecular weight is 378 g/mol. The zero-order chi connectivity index (χ0) is 16.4. The zero-order valence-electron chi connectivity index (χ0n) is 12.8. The zero-order valence-corrected chi connectivity index (χ0v) is 15.8. The molecule has 0 nitrogen and oxygen atoms in total. The van der Waals surface area contributed by atoms with Gasteiger partial charge in [-0.1, -0.05) is 109 Å². The van der Waals surface area contributed by atoms with E-state index < -0.39 is 8.67 Å². The molecule has 0 fully saturated rings. The van der Waals surface area contributed by atoms with Crippen LogP contribution >= 0.6 is 46.4 Å². The molecule has 0 amide bonds. The molecule has 0 aliphatic heterocycles. The molecule has 0 aliphatic carbocycles. The molecule has 0 heterocycles. The van der Waals surface area contributed by atoms with E-state index in [4.69, 9.17) is 46.4 Å². The number of halogens is 4. The molecule has 0 bridgehead atoms. The SMILES string of the molecule is CCCC(Cl)(Cl)c1ccc2ccccc2c1C(Cl)(Cl)CCC. The fraction of sp³-hybridized carbons (Fsp3) is 0.444. The van der Waals surface area contributed by atoms with Gasteiger partial charge in [-0.25, -0.2) is 0 Å². The average Bonchev–Trinajstić information content (AvgIpc) is 2.45. The molecule has 0 aromatic heterocycles. The number of rotatable bonds is 6. The summed E-state index contributed by atoms with van der Waals surface area (Å²) in [5, 5.41) is 2.10. The standard InChI is InChI=1S/C18H20Cl4/c1-3-11-17(19,20)15-10-9-13-7-5-6-8-14(13)16(15)18(21,22)12-4-2/h5-10H,3-4,11-12H2,1-2H3. The summed E-state index contributed by atoms with van der Waals surface area (Å²) in [6.07, 6.45) is 3.05. The molecule has 2 rings (SSSR count). The molecule has 120 valence electrons. The van der Waals surface area contributed by atoms with E-state index in [1.807, 2.05) is 36.4 Å². The molecular formula is C18H20Cl4. The minimum atomic E-state index is -1.01. The van der Waals surface area contributed by atoms with Gasteiger partial charge < -0.3 is 0 Å². The van der Waals surface area contributed by atoms with Gasteiger partial charge in [0, 0.05) is 5.56 Å². The first-order valence-corrected chi connectivity index (χ1v) is 9.13. The Morgan fingerprint density at radius 2 is 1.36 bits per heavy atom. The van der Waals surface area contributed by atoms with Crippen LogP contribution in [0.1, 0.15) is 50.7 Å². The molecule has 0 spiro atoms. The van der Waals surface area contributed by atoms with Crippen molar-refractivity contribution in [2.75, 3.05) is 0 Å². The monoisotopic (exact) mass is 376 g/mol. The van der Waals surface area contributed by atoms with Gasteiger partial charge in [0.15, 0.2) is 0 Å². The van der Waals surface area contributed by atoms with Crippen LogP contribution in [0.15, 0.2) is 36.4 Å². The molecule has 2 aromatic carbocycles. The van der Waals surface area contributed by atoms with Crippen molar-refractivity contribution in [3.63, 3.8) is 0 Å². The van der Waals surface area contributed by atoms with Gasteiger partial charge in [-0.2, -0.15) is 0 Å². The second-order valence-corrected chi connectivity index (χ2v) is 8.59. The van der Waals surface area contributed by atoms with Crippen molar-refractivity contribution in [3.05, 3.63) is 47.5 Å². The van der Waals surface area contributed by atoms with Gasteiger partial charge in [0.1, 0.15) is 8.67 Å². The van der Waals surface area contributed by atoms with E-state index in [1.165, 1.54) is 0 Å². The third-order valence-corrected chi connectivity index (χ3v) is 5.36. The molecule has 0 N–H and O–H groups in total. The van der Waals surface area contributed by atoms with Gasteiger partial charge in [0.2, 0.25) is 0 Å². The number of hydrogen-bond acceptors (Lipinski definition) is 0. The Labute approximate surface area is 152 Å². The first kappa shape index (κ1) is 18.2. The summed E-state index contributed by atoms with van der Waals surface area (Å²) in [7, 11) is 0. The first-order chi connectivity index (χ1) is 10.3. The van der Waals surface area contributed by atoms with Crippen LogP contribution in [0.4, 0.5) is 0 Å². The van der Waals surface area contributed by atoms with Crippen LogP contribution < -0.4 is 0 Å². The van der Waals surface area contributed by atoms with Gasteiger partial charge in [-0.15, -0.1) is 0 Å². The van der Waals surface area contributed by atoms with Gasteiger partial charge in [-0.3, -0.25) is 0 Å². The fourth-order valence-corrected chi connectivity index (χ4v) is 4.34. The van der Waals surface area contributed by atoms with Crippen LogP contribution in [-0.4, -0.2) is 0 Å². The fourth-order valence-electron chi connectivity index (χ4n) is 2.86. The van der Waals surface area contributed by atoms with E-state index in [-0.39, 0.29) is 0 Å². The Balaban J connectivity index is 2.76. The van der Waals surface area contributed by atoms with E-state index >= 15 is 0 Å². The molecule has 0 saturated heterocycles. The Morgan fingerprint density at radius 3 is 2.00 bits per heavy atom. The van der Waals surface area contributed by atoms with Crippen LogP contribution in [0.25, 0.3) is 10.8 Å². The largest absolute Gasteiger partial charge is 0.144 e. The maximum Gasteiger partial charge on any atom is 0.144 e. The summed E-state index contributed by atoms with van der Waals surface area (Å²) in [4.78, 5) is 0. The highest BCUT2D eigenvalue weighted by Crippen LogP contribution is 2.50. The van der Waals surface area contributed by atoms with Gasteiger partial charge >= 0.3 is 0 Å². The summed E-state index contributed by atoms with van der Waals surface area (Å²) in [5.74, 6) is 0. The van der Waals surface area contributed by atoms with Crippen molar-refractivity contribution in [2.45, 2.75) is 48.2 Å². The highest BCUT2D eigenvalue weighted by molar-refractivity contribution is 6.50. The lowest BCUT2D eigenvalue weighted by Gasteiger charge is -2.30. The minimum Gasteiger partial charge on any atom is -0.0963 e. The molecule has 2 aromatic rings. The Morgan fingerprint density at radius 1 is 0.773 bits per heavy atom. The van der Waals surface area contributed by atoms with Gasteiger partial charge in [0.25, 0.3) is 0 Å². The molecule has 0 aliphatic rings. The summed E-state index contributed by atoms with van der Waals surface area (Å²) in [6, 6.07) is 12.0. The van der Waals surface area contributed by atoms with Crippen molar-refractivity contribution >= 4 is 57.2 Å². The van der Waals surface area contributed by atoms with Gasteiger partial charge in [-0.05, 0) is 29.2 Å². The lowest BCUT2D eigenvalue weighted by atomic mass is 9.91. The molecule has 0 saturated carbocycles. The molecule has 0 radical (unpaired) electrons. The number of hydrogen-bond donors (Lipinski definition) is 0. The topological polar surface area (TPSA) is 0 Å². The first-order valence-electron chi connectivity index (χ1n) is 7.62. The van der Waals surface area contributed by atoms with E-state index in [1.54, 1.807) is 0 Å². The third kappa shape index (κ3) is 3.67. The van der Waals surface area contributed by atoms with Crippen molar-refractivity contribution in [2.24, 2.45) is 0 Å². The smallest absolute Gasteiger partial charge is 0.0963 e. The van der Waals surface area contributed by atoms with Crippen LogP contribution in [0.5, 0.6) is 0 Å². The maximum absolute atomic E-state index is 6.70. The van der Waals surface area contributed by atoms with Crippen molar-refractivity contribution in [1.82, 2.24) is 0 Å². The van der Waals surface area contributed by atoms with E-state index in [2.05, 4.69) is 13.8 Å².